The summed E-state index contributed by atoms with van der Waals surface area (Å²) < 4.78 is 15.0. The normalized spacial score (nSPS) is 10.1. The monoisotopic (exact) mass is 252 g/mol. The van der Waals surface area contributed by atoms with Crippen molar-refractivity contribution in [3.63, 3.8) is 0 Å². The molecule has 1 aromatic carbocycles. The van der Waals surface area contributed by atoms with Crippen molar-refractivity contribution in [2.45, 2.75) is 26.9 Å². The lowest BCUT2D eigenvalue weighted by Gasteiger charge is -2.12. The molecular formula is C13H16O5. The van der Waals surface area contributed by atoms with Crippen LogP contribution in [0.15, 0.2) is 18.2 Å². The van der Waals surface area contributed by atoms with Crippen molar-refractivity contribution in [2.24, 2.45) is 0 Å². The van der Waals surface area contributed by atoms with Gasteiger partial charge in [-0.3, -0.25) is 4.79 Å². The van der Waals surface area contributed by atoms with Crippen LogP contribution in [0, 0.1) is 0 Å². The number of hydrogen-bond donors (Lipinski definition) is 0. The van der Waals surface area contributed by atoms with E-state index < -0.39 is 11.9 Å². The number of carbonyl (C=O) groups is 2. The van der Waals surface area contributed by atoms with E-state index in [1.54, 1.807) is 12.1 Å². The highest BCUT2D eigenvalue weighted by Gasteiger charge is 2.12. The minimum absolute atomic E-state index is 0.0527. The molecule has 18 heavy (non-hydrogen) atoms. The van der Waals surface area contributed by atoms with Crippen molar-refractivity contribution < 1.29 is 23.8 Å². The van der Waals surface area contributed by atoms with Crippen LogP contribution in [-0.4, -0.2) is 25.2 Å². The quantitative estimate of drug-likeness (QED) is 0.607. The summed E-state index contributed by atoms with van der Waals surface area (Å²) in [5.74, 6) is -0.282. The van der Waals surface area contributed by atoms with Gasteiger partial charge in [-0.1, -0.05) is 0 Å². The van der Waals surface area contributed by atoms with E-state index in [0.29, 0.717) is 5.75 Å². The van der Waals surface area contributed by atoms with Crippen LogP contribution in [0.1, 0.15) is 31.1 Å². The van der Waals surface area contributed by atoms with Crippen LogP contribution in [0.5, 0.6) is 11.5 Å². The second-order valence-electron chi connectivity index (χ2n) is 3.94. The summed E-state index contributed by atoms with van der Waals surface area (Å²) in [6, 6.07) is 4.52. The molecule has 0 saturated carbocycles. The molecule has 1 aromatic rings. The van der Waals surface area contributed by atoms with E-state index in [0.717, 1.165) is 0 Å². The number of benzene rings is 1. The highest BCUT2D eigenvalue weighted by molar-refractivity contribution is 5.90. The first-order valence-electron chi connectivity index (χ1n) is 5.51. The molecule has 0 unspecified atom stereocenters. The third-order valence-corrected chi connectivity index (χ3v) is 1.93. The Morgan fingerprint density at radius 1 is 1.11 bits per heavy atom. The summed E-state index contributed by atoms with van der Waals surface area (Å²) in [6.07, 6.45) is -0.0527. The molecule has 0 radical (unpaired) electrons. The summed E-state index contributed by atoms with van der Waals surface area (Å²) in [4.78, 5) is 22.4. The largest absolute Gasteiger partial charge is 0.491 e. The van der Waals surface area contributed by atoms with Gasteiger partial charge >= 0.3 is 11.9 Å². The lowest BCUT2D eigenvalue weighted by Crippen LogP contribution is -2.09. The Balaban J connectivity index is 3.10. The smallest absolute Gasteiger partial charge is 0.338 e. The first-order valence-corrected chi connectivity index (χ1v) is 5.51. The predicted molar refractivity (Wildman–Crippen MR) is 64.9 cm³/mol. The summed E-state index contributed by atoms with van der Waals surface area (Å²) in [5.41, 5.74) is 0.270. The maximum atomic E-state index is 11.5. The Labute approximate surface area is 106 Å². The van der Waals surface area contributed by atoms with E-state index in [1.165, 1.54) is 20.1 Å². The topological polar surface area (TPSA) is 61.8 Å². The third-order valence-electron chi connectivity index (χ3n) is 1.93. The third kappa shape index (κ3) is 4.08. The summed E-state index contributed by atoms with van der Waals surface area (Å²) in [6.45, 7) is 5.00. The Morgan fingerprint density at radius 3 is 2.22 bits per heavy atom. The number of hydrogen-bond acceptors (Lipinski definition) is 5. The molecule has 0 fully saturated rings. The fraction of sp³-hybridized carbons (Fsp3) is 0.385. The van der Waals surface area contributed by atoms with E-state index in [4.69, 9.17) is 9.47 Å². The van der Waals surface area contributed by atoms with Gasteiger partial charge in [-0.2, -0.15) is 0 Å². The SMILES string of the molecule is COC(=O)c1cc(OC(C)=O)cc(OC(C)C)c1. The zero-order valence-corrected chi connectivity index (χ0v) is 10.9. The number of esters is 2. The summed E-state index contributed by atoms with van der Waals surface area (Å²) in [7, 11) is 1.28. The van der Waals surface area contributed by atoms with Crippen LogP contribution >= 0.6 is 0 Å². The molecule has 0 aliphatic heterocycles. The van der Waals surface area contributed by atoms with E-state index in [2.05, 4.69) is 4.74 Å². The van der Waals surface area contributed by atoms with E-state index in [1.807, 2.05) is 13.8 Å². The maximum absolute atomic E-state index is 11.5. The lowest BCUT2D eigenvalue weighted by molar-refractivity contribution is -0.131. The molecule has 98 valence electrons. The molecule has 0 amide bonds. The van der Waals surface area contributed by atoms with Crippen molar-refractivity contribution in [3.8, 4) is 11.5 Å². The van der Waals surface area contributed by atoms with Crippen molar-refractivity contribution in [1.82, 2.24) is 0 Å². The van der Waals surface area contributed by atoms with Crippen LogP contribution in [0.2, 0.25) is 0 Å². The Kier molecular flexibility index (Phi) is 4.71. The highest BCUT2D eigenvalue weighted by atomic mass is 16.5. The van der Waals surface area contributed by atoms with Gasteiger partial charge < -0.3 is 14.2 Å². The Hall–Kier alpha value is -2.04. The molecule has 5 heteroatoms. The van der Waals surface area contributed by atoms with Gasteiger partial charge in [0.15, 0.2) is 0 Å². The highest BCUT2D eigenvalue weighted by Crippen LogP contribution is 2.24. The first kappa shape index (κ1) is 14.0. The van der Waals surface area contributed by atoms with Gasteiger partial charge in [-0.05, 0) is 26.0 Å². The average Bonchev–Trinajstić information content (AvgIpc) is 2.25. The van der Waals surface area contributed by atoms with Crippen molar-refractivity contribution in [2.75, 3.05) is 7.11 Å². The van der Waals surface area contributed by atoms with E-state index >= 15 is 0 Å². The molecule has 5 nitrogen and oxygen atoms in total. The van der Waals surface area contributed by atoms with Crippen LogP contribution < -0.4 is 9.47 Å². The molecule has 0 aliphatic rings. The minimum atomic E-state index is -0.516. The molecule has 0 spiro atoms. The van der Waals surface area contributed by atoms with Gasteiger partial charge in [0, 0.05) is 13.0 Å². The van der Waals surface area contributed by atoms with Crippen LogP contribution in [0.25, 0.3) is 0 Å². The zero-order chi connectivity index (χ0) is 13.7. The lowest BCUT2D eigenvalue weighted by atomic mass is 10.2. The molecule has 0 atom stereocenters. The maximum Gasteiger partial charge on any atom is 0.338 e. The van der Waals surface area contributed by atoms with Gasteiger partial charge in [0.1, 0.15) is 11.5 Å². The molecule has 0 aromatic heterocycles. The van der Waals surface area contributed by atoms with Gasteiger partial charge in [0.2, 0.25) is 0 Å². The second-order valence-corrected chi connectivity index (χ2v) is 3.94. The summed E-state index contributed by atoms with van der Waals surface area (Å²) in [5, 5.41) is 0. The van der Waals surface area contributed by atoms with Gasteiger partial charge in [0.05, 0.1) is 18.8 Å². The van der Waals surface area contributed by atoms with E-state index in [9.17, 15) is 9.59 Å². The standard InChI is InChI=1S/C13H16O5/c1-8(2)17-11-5-10(13(15)16-4)6-12(7-11)18-9(3)14/h5-8H,1-4H3. The molecule has 0 aliphatic carbocycles. The van der Waals surface area contributed by atoms with Crippen molar-refractivity contribution in [3.05, 3.63) is 23.8 Å². The van der Waals surface area contributed by atoms with Gasteiger partial charge in [-0.25, -0.2) is 4.79 Å². The van der Waals surface area contributed by atoms with Crippen molar-refractivity contribution in [1.29, 1.82) is 0 Å². The first-order chi connectivity index (χ1) is 8.42. The number of methoxy groups -OCH3 is 1. The van der Waals surface area contributed by atoms with Gasteiger partial charge in [-0.15, -0.1) is 0 Å². The van der Waals surface area contributed by atoms with Crippen molar-refractivity contribution >= 4 is 11.9 Å². The number of ether oxygens (including phenoxy) is 3. The predicted octanol–water partition coefficient (Wildman–Crippen LogP) is 2.19. The van der Waals surface area contributed by atoms with Gasteiger partial charge in [0.25, 0.3) is 0 Å². The van der Waals surface area contributed by atoms with Crippen LogP contribution in [-0.2, 0) is 9.53 Å². The molecule has 0 saturated heterocycles. The van der Waals surface area contributed by atoms with Crippen LogP contribution in [0.4, 0.5) is 0 Å². The fourth-order valence-corrected chi connectivity index (χ4v) is 1.37. The minimum Gasteiger partial charge on any atom is -0.491 e. The molecule has 0 N–H and O–H groups in total. The van der Waals surface area contributed by atoms with E-state index in [-0.39, 0.29) is 17.4 Å². The Bertz CT molecular complexity index is 451. The second kappa shape index (κ2) is 6.05. The molecule has 0 heterocycles. The number of carbonyl (C=O) groups excluding carboxylic acids is 2. The zero-order valence-electron chi connectivity index (χ0n) is 10.9. The molecule has 0 bridgehead atoms. The summed E-state index contributed by atoms with van der Waals surface area (Å²) >= 11 is 0. The Morgan fingerprint density at radius 2 is 1.72 bits per heavy atom. The molecule has 1 rings (SSSR count). The fourth-order valence-electron chi connectivity index (χ4n) is 1.37. The molecular weight excluding hydrogens is 236 g/mol. The van der Waals surface area contributed by atoms with Crippen LogP contribution in [0.3, 0.4) is 0 Å². The average molecular weight is 252 g/mol. The number of rotatable bonds is 4.